The van der Waals surface area contributed by atoms with Crippen molar-refractivity contribution in [3.05, 3.63) is 38.0 Å². The van der Waals surface area contributed by atoms with E-state index in [0.717, 1.165) is 17.8 Å². The molecule has 138 valence electrons. The lowest BCUT2D eigenvalue weighted by Gasteiger charge is -2.24. The van der Waals surface area contributed by atoms with Gasteiger partial charge in [-0.3, -0.25) is 9.59 Å². The lowest BCUT2D eigenvalue weighted by Crippen LogP contribution is -2.46. The summed E-state index contributed by atoms with van der Waals surface area (Å²) in [4.78, 5) is 43.1. The highest BCUT2D eigenvalue weighted by molar-refractivity contribution is 7.13. The second-order valence-corrected chi connectivity index (χ2v) is 8.11. The van der Waals surface area contributed by atoms with Crippen molar-refractivity contribution in [1.82, 2.24) is 15.2 Å². The van der Waals surface area contributed by atoms with Crippen molar-refractivity contribution in [2.45, 2.75) is 38.8 Å². The van der Waals surface area contributed by atoms with Crippen LogP contribution in [0, 0.1) is 6.92 Å². The number of rotatable bonds is 5. The van der Waals surface area contributed by atoms with Gasteiger partial charge in [0.1, 0.15) is 15.9 Å². The quantitative estimate of drug-likeness (QED) is 0.814. The molecular formula is C17H19N3O4S2. The van der Waals surface area contributed by atoms with Gasteiger partial charge in [-0.05, 0) is 38.1 Å². The number of nitrogens with one attached hydrogen (secondary N) is 1. The van der Waals surface area contributed by atoms with Crippen LogP contribution in [0.2, 0.25) is 0 Å². The minimum Gasteiger partial charge on any atom is -0.477 e. The molecule has 0 bridgehead atoms. The Hall–Kier alpha value is -2.26. The first kappa shape index (κ1) is 18.5. The summed E-state index contributed by atoms with van der Waals surface area (Å²) in [6.07, 6.45) is 1.40. The van der Waals surface area contributed by atoms with Gasteiger partial charge in [0, 0.05) is 6.54 Å². The molecule has 2 N–H and O–H groups in total. The van der Waals surface area contributed by atoms with Crippen LogP contribution in [-0.4, -0.2) is 45.4 Å². The number of likely N-dealkylation sites (tertiary alicyclic amines) is 1. The summed E-state index contributed by atoms with van der Waals surface area (Å²) in [5.41, 5.74) is 0.439. The van der Waals surface area contributed by atoms with E-state index >= 15 is 0 Å². The van der Waals surface area contributed by atoms with Gasteiger partial charge in [0.05, 0.1) is 16.6 Å². The van der Waals surface area contributed by atoms with Crippen LogP contribution in [0.1, 0.15) is 55.9 Å². The van der Waals surface area contributed by atoms with Gasteiger partial charge in [-0.1, -0.05) is 6.07 Å². The van der Waals surface area contributed by atoms with E-state index in [0.29, 0.717) is 28.5 Å². The number of carbonyl (C=O) groups excluding carboxylic acids is 2. The molecular weight excluding hydrogens is 374 g/mol. The van der Waals surface area contributed by atoms with Gasteiger partial charge in [-0.2, -0.15) is 0 Å². The number of hydrogen-bond acceptors (Lipinski definition) is 6. The Kier molecular flexibility index (Phi) is 5.38. The van der Waals surface area contributed by atoms with Gasteiger partial charge < -0.3 is 15.3 Å². The fourth-order valence-electron chi connectivity index (χ4n) is 3.00. The number of nitrogens with zero attached hydrogens (tertiary/aromatic N) is 2. The maximum atomic E-state index is 12.7. The fraction of sp³-hybridized carbons (Fsp3) is 0.412. The minimum absolute atomic E-state index is 0.122. The molecule has 0 aliphatic carbocycles. The van der Waals surface area contributed by atoms with Gasteiger partial charge in [-0.25, -0.2) is 9.78 Å². The molecule has 26 heavy (non-hydrogen) atoms. The van der Waals surface area contributed by atoms with E-state index in [2.05, 4.69) is 10.3 Å². The van der Waals surface area contributed by atoms with Crippen LogP contribution < -0.4 is 5.32 Å². The van der Waals surface area contributed by atoms with Gasteiger partial charge >= 0.3 is 5.97 Å². The molecule has 1 fully saturated rings. The van der Waals surface area contributed by atoms with E-state index in [4.69, 9.17) is 5.11 Å². The van der Waals surface area contributed by atoms with E-state index in [9.17, 15) is 14.4 Å². The number of aromatic carboxylic acids is 1. The highest BCUT2D eigenvalue weighted by atomic mass is 32.1. The zero-order chi connectivity index (χ0) is 18.8. The standard InChI is InChI=1S/C17H19N3O4S2/c1-9-13(17(23)24)26-15(19-9)10(2)18-14(21)11-5-3-7-20(11)16(22)12-6-4-8-25-12/h4,6,8,10-11H,3,5,7H2,1-2H3,(H,18,21)(H,23,24). The van der Waals surface area contributed by atoms with Gasteiger partial charge in [0.2, 0.25) is 5.91 Å². The Labute approximate surface area is 158 Å². The molecule has 2 unspecified atom stereocenters. The van der Waals surface area contributed by atoms with Crippen LogP contribution in [0.4, 0.5) is 0 Å². The Morgan fingerprint density at radius 1 is 1.42 bits per heavy atom. The summed E-state index contributed by atoms with van der Waals surface area (Å²) in [5.74, 6) is -1.37. The first-order chi connectivity index (χ1) is 12.4. The normalized spacial score (nSPS) is 17.9. The number of aryl methyl sites for hydroxylation is 1. The smallest absolute Gasteiger partial charge is 0.347 e. The van der Waals surface area contributed by atoms with Crippen LogP contribution >= 0.6 is 22.7 Å². The van der Waals surface area contributed by atoms with E-state index in [1.165, 1.54) is 11.3 Å². The summed E-state index contributed by atoms with van der Waals surface area (Å²) in [7, 11) is 0. The Balaban J connectivity index is 1.69. The van der Waals surface area contributed by atoms with Crippen LogP contribution in [-0.2, 0) is 4.79 Å². The maximum absolute atomic E-state index is 12.7. The average molecular weight is 393 g/mol. The molecule has 1 saturated heterocycles. The highest BCUT2D eigenvalue weighted by Gasteiger charge is 2.35. The number of thiophene rings is 1. The van der Waals surface area contributed by atoms with Crippen molar-refractivity contribution >= 4 is 40.5 Å². The maximum Gasteiger partial charge on any atom is 0.347 e. The molecule has 3 rings (SSSR count). The first-order valence-corrected chi connectivity index (χ1v) is 9.93. The third kappa shape index (κ3) is 3.63. The molecule has 9 heteroatoms. The van der Waals surface area contributed by atoms with Crippen LogP contribution in [0.15, 0.2) is 17.5 Å². The van der Waals surface area contributed by atoms with E-state index in [1.807, 2.05) is 11.4 Å². The summed E-state index contributed by atoms with van der Waals surface area (Å²) in [6.45, 7) is 3.96. The van der Waals surface area contributed by atoms with Crippen LogP contribution in [0.25, 0.3) is 0 Å². The highest BCUT2D eigenvalue weighted by Crippen LogP contribution is 2.26. The molecule has 1 aliphatic rings. The molecule has 2 atom stereocenters. The van der Waals surface area contributed by atoms with Gasteiger partial charge in [0.15, 0.2) is 0 Å². The van der Waals surface area contributed by atoms with Crippen molar-refractivity contribution in [1.29, 1.82) is 0 Å². The summed E-state index contributed by atoms with van der Waals surface area (Å²) in [6, 6.07) is 2.65. The topological polar surface area (TPSA) is 99.6 Å². The summed E-state index contributed by atoms with van der Waals surface area (Å²) in [5, 5.41) is 14.4. The predicted octanol–water partition coefficient (Wildman–Crippen LogP) is 2.69. The van der Waals surface area contributed by atoms with Crippen LogP contribution in [0.5, 0.6) is 0 Å². The molecule has 0 aromatic carbocycles. The molecule has 1 aliphatic heterocycles. The zero-order valence-corrected chi connectivity index (χ0v) is 16.0. The van der Waals surface area contributed by atoms with E-state index < -0.39 is 18.1 Å². The first-order valence-electron chi connectivity index (χ1n) is 8.24. The molecule has 2 amide bonds. The molecule has 2 aromatic rings. The second kappa shape index (κ2) is 7.55. The fourth-order valence-corrected chi connectivity index (χ4v) is 4.58. The second-order valence-electron chi connectivity index (χ2n) is 6.14. The van der Waals surface area contributed by atoms with Gasteiger partial charge in [-0.15, -0.1) is 22.7 Å². The van der Waals surface area contributed by atoms with Crippen molar-refractivity contribution in [2.24, 2.45) is 0 Å². The summed E-state index contributed by atoms with van der Waals surface area (Å²) >= 11 is 2.42. The Bertz CT molecular complexity index is 831. The zero-order valence-electron chi connectivity index (χ0n) is 14.4. The van der Waals surface area contributed by atoms with E-state index in [-0.39, 0.29) is 16.7 Å². The van der Waals surface area contributed by atoms with Crippen molar-refractivity contribution < 1.29 is 19.5 Å². The minimum atomic E-state index is -1.02. The molecule has 2 aromatic heterocycles. The third-order valence-electron chi connectivity index (χ3n) is 4.28. The number of aromatic nitrogens is 1. The molecule has 0 saturated carbocycles. The number of carbonyl (C=O) groups is 3. The molecule has 0 spiro atoms. The number of carboxylic acids is 1. The largest absolute Gasteiger partial charge is 0.477 e. The van der Waals surface area contributed by atoms with Crippen molar-refractivity contribution in [3.8, 4) is 0 Å². The monoisotopic (exact) mass is 393 g/mol. The SMILES string of the molecule is Cc1nc(C(C)NC(=O)C2CCCN2C(=O)c2cccs2)sc1C(=O)O. The Morgan fingerprint density at radius 2 is 2.19 bits per heavy atom. The Morgan fingerprint density at radius 3 is 2.81 bits per heavy atom. The number of thiazole rings is 1. The molecule has 7 nitrogen and oxygen atoms in total. The lowest BCUT2D eigenvalue weighted by atomic mass is 10.2. The third-order valence-corrected chi connectivity index (χ3v) is 6.47. The van der Waals surface area contributed by atoms with Crippen molar-refractivity contribution in [3.63, 3.8) is 0 Å². The number of carboxylic acid groups (broad SMARTS) is 1. The van der Waals surface area contributed by atoms with Crippen molar-refractivity contribution in [2.75, 3.05) is 6.54 Å². The predicted molar refractivity (Wildman–Crippen MR) is 98.7 cm³/mol. The average Bonchev–Trinajstić information content (AvgIpc) is 3.33. The molecule has 0 radical (unpaired) electrons. The number of amides is 2. The van der Waals surface area contributed by atoms with Crippen LogP contribution in [0.3, 0.4) is 0 Å². The van der Waals surface area contributed by atoms with Gasteiger partial charge in [0.25, 0.3) is 5.91 Å². The lowest BCUT2D eigenvalue weighted by molar-refractivity contribution is -0.125. The van der Waals surface area contributed by atoms with E-state index in [1.54, 1.807) is 24.8 Å². The molecule has 3 heterocycles. The number of hydrogen-bond donors (Lipinski definition) is 2. The summed E-state index contributed by atoms with van der Waals surface area (Å²) < 4.78 is 0.